The van der Waals surface area contributed by atoms with Gasteiger partial charge in [0.2, 0.25) is 0 Å². The molecule has 0 atom stereocenters. The van der Waals surface area contributed by atoms with Crippen LogP contribution in [0.1, 0.15) is 12.8 Å². The molecule has 0 amide bonds. The minimum Gasteiger partial charge on any atom is -0.345 e. The maximum absolute atomic E-state index is 2.28. The Balaban J connectivity index is 2.21. The molecule has 0 N–H and O–H groups in total. The number of para-hydroxylation sites is 1. The highest BCUT2D eigenvalue weighted by Gasteiger charge is 2.03. The predicted molar refractivity (Wildman–Crippen MR) is 70.4 cm³/mol. The second-order valence-corrected chi connectivity index (χ2v) is 3.89. The Hall–Kier alpha value is -1.76. The molecular weight excluding hydrogens is 194 g/mol. The molecule has 0 aliphatic heterocycles. The van der Waals surface area contributed by atoms with Gasteiger partial charge in [0.1, 0.15) is 0 Å². The van der Waals surface area contributed by atoms with E-state index in [9.17, 15) is 0 Å². The van der Waals surface area contributed by atoms with Gasteiger partial charge >= 0.3 is 0 Å². The first kappa shape index (κ1) is 10.7. The van der Waals surface area contributed by atoms with Gasteiger partial charge in [0, 0.05) is 18.4 Å². The fraction of sp³-hybridized carbons (Fsp3) is 0.200. The highest BCUT2D eigenvalue weighted by atomic mass is 15.1. The molecule has 0 unspecified atom stereocenters. The zero-order valence-corrected chi connectivity index (χ0v) is 9.63. The van der Waals surface area contributed by atoms with E-state index in [4.69, 9.17) is 0 Å². The smallest absolute Gasteiger partial charge is 0.0407 e. The number of hydrogen-bond donors (Lipinski definition) is 0. The zero-order valence-electron chi connectivity index (χ0n) is 9.63. The van der Waals surface area contributed by atoms with Gasteiger partial charge in [-0.1, -0.05) is 42.5 Å². The lowest BCUT2D eigenvalue weighted by Crippen LogP contribution is -2.14. The summed E-state index contributed by atoms with van der Waals surface area (Å²) in [5.41, 5.74) is 2.48. The zero-order chi connectivity index (χ0) is 11.2. The quantitative estimate of drug-likeness (QED) is 0.716. The van der Waals surface area contributed by atoms with Gasteiger partial charge < -0.3 is 4.90 Å². The number of hydrogen-bond acceptors (Lipinski definition) is 1. The summed E-state index contributed by atoms with van der Waals surface area (Å²) in [6.07, 6.45) is 13.1. The van der Waals surface area contributed by atoms with Crippen LogP contribution in [0, 0.1) is 0 Å². The number of allylic oxidation sites excluding steroid dienone is 5. The van der Waals surface area contributed by atoms with E-state index < -0.39 is 0 Å². The Morgan fingerprint density at radius 2 is 1.81 bits per heavy atom. The van der Waals surface area contributed by atoms with Crippen molar-refractivity contribution >= 4 is 5.69 Å². The van der Waals surface area contributed by atoms with Crippen LogP contribution in [0.25, 0.3) is 0 Å². The van der Waals surface area contributed by atoms with Gasteiger partial charge in [-0.3, -0.25) is 0 Å². The van der Waals surface area contributed by atoms with Crippen molar-refractivity contribution in [3.05, 3.63) is 66.4 Å². The summed E-state index contributed by atoms with van der Waals surface area (Å²) >= 11 is 0. The average Bonchev–Trinajstić information content (AvgIpc) is 2.29. The normalized spacial score (nSPS) is 22.4. The van der Waals surface area contributed by atoms with E-state index in [1.54, 1.807) is 0 Å². The lowest BCUT2D eigenvalue weighted by Gasteiger charge is -2.21. The molecule has 1 aliphatic rings. The SMILES string of the molecule is CN(C1=C/CC/C=C/C=C\1)c1ccccc1. The van der Waals surface area contributed by atoms with Gasteiger partial charge in [0.05, 0.1) is 0 Å². The van der Waals surface area contributed by atoms with Crippen LogP contribution in [-0.2, 0) is 0 Å². The number of rotatable bonds is 2. The maximum atomic E-state index is 2.28. The third-order valence-corrected chi connectivity index (χ3v) is 2.73. The van der Waals surface area contributed by atoms with Crippen LogP contribution < -0.4 is 4.90 Å². The minimum atomic E-state index is 1.10. The maximum Gasteiger partial charge on any atom is 0.0407 e. The molecule has 0 heterocycles. The van der Waals surface area contributed by atoms with Crippen molar-refractivity contribution in [1.82, 2.24) is 0 Å². The molecule has 1 aromatic carbocycles. The largest absolute Gasteiger partial charge is 0.345 e. The van der Waals surface area contributed by atoms with Gasteiger partial charge in [-0.25, -0.2) is 0 Å². The van der Waals surface area contributed by atoms with Crippen molar-refractivity contribution in [3.8, 4) is 0 Å². The molecule has 16 heavy (non-hydrogen) atoms. The number of benzene rings is 1. The second kappa shape index (κ2) is 5.36. The number of anilines is 1. The summed E-state index contributed by atoms with van der Waals surface area (Å²) in [4.78, 5) is 2.22. The van der Waals surface area contributed by atoms with Crippen LogP contribution in [0.4, 0.5) is 5.69 Å². The van der Waals surface area contributed by atoms with Crippen molar-refractivity contribution in [2.45, 2.75) is 12.8 Å². The first-order valence-electron chi connectivity index (χ1n) is 5.70. The molecule has 0 fully saturated rings. The first-order chi connectivity index (χ1) is 7.88. The summed E-state index contributed by atoms with van der Waals surface area (Å²) in [6, 6.07) is 10.4. The fourth-order valence-electron chi connectivity index (χ4n) is 1.77. The highest BCUT2D eigenvalue weighted by molar-refractivity contribution is 5.53. The summed E-state index contributed by atoms with van der Waals surface area (Å²) in [6.45, 7) is 0. The van der Waals surface area contributed by atoms with Gasteiger partial charge in [0.15, 0.2) is 0 Å². The van der Waals surface area contributed by atoms with Crippen molar-refractivity contribution in [1.29, 1.82) is 0 Å². The van der Waals surface area contributed by atoms with E-state index in [1.807, 2.05) is 6.07 Å². The topological polar surface area (TPSA) is 3.24 Å². The summed E-state index contributed by atoms with van der Waals surface area (Å²) in [5, 5.41) is 0. The van der Waals surface area contributed by atoms with Gasteiger partial charge in [0.25, 0.3) is 0 Å². The Labute approximate surface area is 97.4 Å². The molecule has 0 saturated carbocycles. The molecule has 2 rings (SSSR count). The number of likely N-dealkylation sites (N-methyl/N-ethyl adjacent to an activating group) is 1. The Kier molecular flexibility index (Phi) is 3.60. The van der Waals surface area contributed by atoms with Crippen molar-refractivity contribution in [3.63, 3.8) is 0 Å². The van der Waals surface area contributed by atoms with Gasteiger partial charge in [-0.15, -0.1) is 0 Å². The fourth-order valence-corrected chi connectivity index (χ4v) is 1.77. The van der Waals surface area contributed by atoms with E-state index in [-0.39, 0.29) is 0 Å². The van der Waals surface area contributed by atoms with E-state index in [0.717, 1.165) is 12.8 Å². The molecule has 0 bridgehead atoms. The van der Waals surface area contributed by atoms with E-state index in [0.29, 0.717) is 0 Å². The second-order valence-electron chi connectivity index (χ2n) is 3.89. The molecule has 82 valence electrons. The van der Waals surface area contributed by atoms with Crippen molar-refractivity contribution in [2.24, 2.45) is 0 Å². The van der Waals surface area contributed by atoms with Crippen molar-refractivity contribution in [2.75, 3.05) is 11.9 Å². The monoisotopic (exact) mass is 211 g/mol. The molecule has 1 nitrogen and oxygen atoms in total. The summed E-state index contributed by atoms with van der Waals surface area (Å²) < 4.78 is 0. The lowest BCUT2D eigenvalue weighted by atomic mass is 10.1. The lowest BCUT2D eigenvalue weighted by molar-refractivity contribution is 1.01. The Morgan fingerprint density at radius 1 is 1.00 bits per heavy atom. The first-order valence-corrected chi connectivity index (χ1v) is 5.70. The molecule has 0 radical (unpaired) electrons. The van der Waals surface area contributed by atoms with Crippen LogP contribution in [0.3, 0.4) is 0 Å². The van der Waals surface area contributed by atoms with Crippen LogP contribution in [0.2, 0.25) is 0 Å². The van der Waals surface area contributed by atoms with Crippen LogP contribution in [-0.4, -0.2) is 7.05 Å². The molecular formula is C15H17N. The van der Waals surface area contributed by atoms with Gasteiger partial charge in [-0.2, -0.15) is 0 Å². The third-order valence-electron chi connectivity index (χ3n) is 2.73. The summed E-state index contributed by atoms with van der Waals surface area (Å²) in [7, 11) is 2.11. The molecule has 1 aromatic rings. The van der Waals surface area contributed by atoms with E-state index >= 15 is 0 Å². The molecule has 0 spiro atoms. The van der Waals surface area contributed by atoms with Crippen molar-refractivity contribution < 1.29 is 0 Å². The average molecular weight is 211 g/mol. The number of nitrogens with zero attached hydrogens (tertiary/aromatic N) is 1. The molecule has 0 aromatic heterocycles. The third kappa shape index (κ3) is 2.63. The molecule has 0 saturated heterocycles. The van der Waals surface area contributed by atoms with Gasteiger partial charge in [-0.05, 0) is 31.1 Å². The summed E-state index contributed by atoms with van der Waals surface area (Å²) in [5.74, 6) is 0. The minimum absolute atomic E-state index is 1.10. The van der Waals surface area contributed by atoms with Crippen LogP contribution >= 0.6 is 0 Å². The predicted octanol–water partition coefficient (Wildman–Crippen LogP) is 3.91. The van der Waals surface area contributed by atoms with E-state index in [1.165, 1.54) is 11.4 Å². The van der Waals surface area contributed by atoms with Crippen LogP contribution in [0.15, 0.2) is 66.4 Å². The molecule has 1 aliphatic carbocycles. The van der Waals surface area contributed by atoms with Crippen LogP contribution in [0.5, 0.6) is 0 Å². The highest BCUT2D eigenvalue weighted by Crippen LogP contribution is 2.18. The Morgan fingerprint density at radius 3 is 2.62 bits per heavy atom. The van der Waals surface area contributed by atoms with E-state index in [2.05, 4.69) is 66.6 Å². The standard InChI is InChI=1S/C15H17N/c1-16(15-12-8-5-9-13-15)14-10-6-3-2-4-7-11-14/h2-3,5-6,8-13H,4,7H2,1H3/b3-2+,10-6-,14-11+. The Bertz CT molecular complexity index is 412. The molecule has 1 heteroatoms.